The highest BCUT2D eigenvalue weighted by Crippen LogP contribution is 2.46. The Morgan fingerprint density at radius 3 is 2.61 bits per heavy atom. The first kappa shape index (κ1) is 25.4. The lowest BCUT2D eigenvalue weighted by molar-refractivity contribution is -0.137. The minimum atomic E-state index is -4.67. The molecule has 3 heterocycles. The number of aromatic nitrogens is 3. The Labute approximate surface area is 208 Å². The number of anilines is 2. The quantitative estimate of drug-likeness (QED) is 0.437. The van der Waals surface area contributed by atoms with Crippen LogP contribution < -0.4 is 15.5 Å². The zero-order chi connectivity index (χ0) is 26.3. The Morgan fingerprint density at radius 1 is 1.25 bits per heavy atom. The average molecular weight is 525 g/mol. The van der Waals surface area contributed by atoms with Gasteiger partial charge < -0.3 is 20.5 Å². The van der Waals surface area contributed by atoms with E-state index in [0.29, 0.717) is 5.82 Å². The average Bonchev–Trinajstić information content (AvgIpc) is 3.48. The summed E-state index contributed by atoms with van der Waals surface area (Å²) in [4.78, 5) is 38.8. The van der Waals surface area contributed by atoms with Crippen molar-refractivity contribution in [1.29, 1.82) is 0 Å². The van der Waals surface area contributed by atoms with E-state index < -0.39 is 40.8 Å². The fourth-order valence-corrected chi connectivity index (χ4v) is 4.65. The number of alkyl halides is 3. The van der Waals surface area contributed by atoms with Gasteiger partial charge in [0, 0.05) is 19.3 Å². The van der Waals surface area contributed by atoms with Crippen LogP contribution in [0.3, 0.4) is 0 Å². The molecule has 3 aromatic rings. The van der Waals surface area contributed by atoms with Gasteiger partial charge in [-0.25, -0.2) is 14.4 Å². The van der Waals surface area contributed by atoms with Crippen LogP contribution in [-0.4, -0.2) is 40.4 Å². The summed E-state index contributed by atoms with van der Waals surface area (Å²) in [6.45, 7) is 1.24. The second-order valence-corrected chi connectivity index (χ2v) is 8.79. The van der Waals surface area contributed by atoms with Crippen LogP contribution in [0.4, 0.5) is 29.2 Å². The van der Waals surface area contributed by atoms with Crippen molar-refractivity contribution in [3.05, 3.63) is 70.5 Å². The summed E-state index contributed by atoms with van der Waals surface area (Å²) in [6.07, 6.45) is -2.07. The van der Waals surface area contributed by atoms with Gasteiger partial charge in [0.15, 0.2) is 0 Å². The summed E-state index contributed by atoms with van der Waals surface area (Å²) in [7, 11) is 1.36. The smallest absolute Gasteiger partial charge is 0.357 e. The zero-order valence-corrected chi connectivity index (χ0v) is 19.8. The number of rotatable bonds is 5. The number of nitrogens with zero attached hydrogens (tertiary/aromatic N) is 3. The van der Waals surface area contributed by atoms with Crippen molar-refractivity contribution in [1.82, 2.24) is 20.3 Å². The fourth-order valence-electron chi connectivity index (χ4n) is 4.46. The van der Waals surface area contributed by atoms with Gasteiger partial charge in [0.25, 0.3) is 0 Å². The van der Waals surface area contributed by atoms with Crippen molar-refractivity contribution in [2.45, 2.75) is 25.1 Å². The van der Waals surface area contributed by atoms with Gasteiger partial charge in [0.05, 0.1) is 29.0 Å². The van der Waals surface area contributed by atoms with Crippen LogP contribution in [0.2, 0.25) is 5.02 Å². The van der Waals surface area contributed by atoms with Gasteiger partial charge in [-0.1, -0.05) is 17.7 Å². The van der Waals surface area contributed by atoms with Gasteiger partial charge in [-0.2, -0.15) is 13.2 Å². The number of halogens is 5. The molecule has 4 rings (SSSR count). The summed E-state index contributed by atoms with van der Waals surface area (Å²) >= 11 is 6.02. The maximum absolute atomic E-state index is 14.0. The molecule has 2 unspecified atom stereocenters. The fraction of sp³-hybridized carbons (Fsp3) is 0.304. The van der Waals surface area contributed by atoms with Crippen molar-refractivity contribution < 1.29 is 27.2 Å². The van der Waals surface area contributed by atoms with E-state index in [1.807, 2.05) is 0 Å². The number of nitrogens with one attached hydrogen (secondary N) is 3. The summed E-state index contributed by atoms with van der Waals surface area (Å²) in [6, 6.07) is 5.32. The molecule has 190 valence electrons. The molecule has 3 N–H and O–H groups in total. The van der Waals surface area contributed by atoms with Gasteiger partial charge >= 0.3 is 6.18 Å². The van der Waals surface area contributed by atoms with Crippen LogP contribution in [0.5, 0.6) is 0 Å². The third-order valence-electron chi connectivity index (χ3n) is 6.08. The highest BCUT2D eigenvalue weighted by molar-refractivity contribution is 6.30. The molecule has 0 radical (unpaired) electrons. The number of aryl methyl sites for hydroxylation is 1. The van der Waals surface area contributed by atoms with Crippen molar-refractivity contribution >= 4 is 35.1 Å². The number of likely N-dealkylation sites (N-methyl/N-ethyl adjacent to an activating group) is 1. The standard InChI is InChI=1S/C23H21ClF4N6O2/c1-12-5-15(23(26,27)28)7-19(32-12)34-10-13(20(35)33-18-9-30-11-31-18)8-22(34,21(36)29-2)14-3-4-17(25)16(24)6-14/h3-7,9,11,13H,8,10H2,1-2H3,(H,29,36)(H,30,31)(H,33,35). The molecular weight excluding hydrogens is 504 g/mol. The topological polar surface area (TPSA) is 103 Å². The number of carbonyl (C=O) groups is 2. The summed E-state index contributed by atoms with van der Waals surface area (Å²) < 4.78 is 54.9. The number of imidazole rings is 1. The maximum Gasteiger partial charge on any atom is 0.416 e. The lowest BCUT2D eigenvalue weighted by Gasteiger charge is -2.38. The first-order valence-electron chi connectivity index (χ1n) is 10.8. The van der Waals surface area contributed by atoms with Gasteiger partial charge in [0.1, 0.15) is 23.0 Å². The van der Waals surface area contributed by atoms with Gasteiger partial charge in [-0.3, -0.25) is 9.59 Å². The molecule has 0 aliphatic carbocycles. The highest BCUT2D eigenvalue weighted by Gasteiger charge is 2.55. The molecule has 1 saturated heterocycles. The molecular formula is C23H21ClF4N6O2. The Kier molecular flexibility index (Phi) is 6.65. The molecule has 0 spiro atoms. The largest absolute Gasteiger partial charge is 0.416 e. The molecule has 36 heavy (non-hydrogen) atoms. The third-order valence-corrected chi connectivity index (χ3v) is 6.37. The van der Waals surface area contributed by atoms with E-state index in [1.54, 1.807) is 0 Å². The van der Waals surface area contributed by atoms with Gasteiger partial charge in [-0.15, -0.1) is 0 Å². The van der Waals surface area contributed by atoms with E-state index in [-0.39, 0.29) is 35.1 Å². The Bertz CT molecular complexity index is 1300. The number of H-pyrrole nitrogens is 1. The molecule has 0 bridgehead atoms. The predicted octanol–water partition coefficient (Wildman–Crippen LogP) is 4.03. The normalized spacial score (nSPS) is 19.9. The van der Waals surface area contributed by atoms with Crippen molar-refractivity contribution in [2.75, 3.05) is 23.8 Å². The molecule has 1 fully saturated rings. The second kappa shape index (κ2) is 9.41. The number of pyridine rings is 1. The van der Waals surface area contributed by atoms with Crippen LogP contribution in [0.1, 0.15) is 23.2 Å². The van der Waals surface area contributed by atoms with E-state index >= 15 is 0 Å². The lowest BCUT2D eigenvalue weighted by atomic mass is 9.83. The monoisotopic (exact) mass is 524 g/mol. The maximum atomic E-state index is 14.0. The number of hydrogen-bond donors (Lipinski definition) is 3. The van der Waals surface area contributed by atoms with Crippen LogP contribution >= 0.6 is 11.6 Å². The lowest BCUT2D eigenvalue weighted by Crippen LogP contribution is -2.53. The van der Waals surface area contributed by atoms with Crippen molar-refractivity contribution in [2.24, 2.45) is 5.92 Å². The molecule has 2 atom stereocenters. The van der Waals surface area contributed by atoms with Crippen LogP contribution in [0.15, 0.2) is 42.9 Å². The number of hydrogen-bond acceptors (Lipinski definition) is 5. The minimum Gasteiger partial charge on any atom is -0.357 e. The van der Waals surface area contributed by atoms with Crippen LogP contribution in [0, 0.1) is 18.7 Å². The molecule has 1 aromatic carbocycles. The van der Waals surface area contributed by atoms with Crippen molar-refractivity contribution in [3.8, 4) is 0 Å². The number of carbonyl (C=O) groups excluding carboxylic acids is 2. The predicted molar refractivity (Wildman–Crippen MR) is 124 cm³/mol. The SMILES string of the molecule is CNC(=O)C1(c2ccc(F)c(Cl)c2)CC(C(=O)Nc2cnc[nH]2)CN1c1cc(C(F)(F)F)cc(C)n1. The first-order valence-corrected chi connectivity index (χ1v) is 11.1. The summed E-state index contributed by atoms with van der Waals surface area (Å²) in [5.41, 5.74) is -2.42. The zero-order valence-electron chi connectivity index (χ0n) is 19.1. The summed E-state index contributed by atoms with van der Waals surface area (Å²) in [5.74, 6) is -2.58. The molecule has 2 aromatic heterocycles. The van der Waals surface area contributed by atoms with E-state index in [4.69, 9.17) is 11.6 Å². The van der Waals surface area contributed by atoms with Crippen molar-refractivity contribution in [3.63, 3.8) is 0 Å². The van der Waals surface area contributed by atoms with Gasteiger partial charge in [0.2, 0.25) is 11.8 Å². The molecule has 13 heteroatoms. The Morgan fingerprint density at radius 2 is 2.00 bits per heavy atom. The second-order valence-electron chi connectivity index (χ2n) is 8.39. The van der Waals surface area contributed by atoms with Crippen LogP contribution in [0.25, 0.3) is 0 Å². The molecule has 8 nitrogen and oxygen atoms in total. The highest BCUT2D eigenvalue weighted by atomic mass is 35.5. The third kappa shape index (κ3) is 4.60. The number of amides is 2. The molecule has 1 aliphatic rings. The summed E-state index contributed by atoms with van der Waals surface area (Å²) in [5, 5.41) is 4.89. The number of aromatic amines is 1. The van der Waals surface area contributed by atoms with E-state index in [9.17, 15) is 27.2 Å². The Balaban J connectivity index is 1.89. The Hall–Kier alpha value is -3.67. The molecule has 1 aliphatic heterocycles. The van der Waals surface area contributed by atoms with Gasteiger partial charge in [-0.05, 0) is 43.2 Å². The first-order chi connectivity index (χ1) is 17.0. The minimum absolute atomic E-state index is 0.0631. The van der Waals surface area contributed by atoms with E-state index in [2.05, 4.69) is 25.6 Å². The number of benzene rings is 1. The van der Waals surface area contributed by atoms with E-state index in [1.165, 1.54) is 43.5 Å². The van der Waals surface area contributed by atoms with Crippen LogP contribution in [-0.2, 0) is 21.3 Å². The van der Waals surface area contributed by atoms with E-state index in [0.717, 1.165) is 18.2 Å². The molecule has 0 saturated carbocycles. The molecule has 2 amide bonds.